The standard InChI is InChI=1S/C37H39Cl2N15O16S4/c1-15(55)12-41-34-44-32(38)45-35(48-34)42-19-4-6-23(71(59,60)61)21(10-19)50-52-29-25(73(65,66)67)8-18-9-26(74(68,69)70)30(31(58)27(18)28(29)40)53-51-22-11-20(5-7-24(22)72(62,63)64)43-36-46-33(39)47-37(49-36)54(13-16(2)56)14-17(3)57/h4-11,15-17,55-58H,12-14,40H2,1-3H3,(H,59,60,61)(H,62,63,64)(H,65,66,67)(H,68,69,70)(H,43,46,47,49)(H2,41,42,44,45,48)/p-4. The Labute approximate surface area is 428 Å². The maximum Gasteiger partial charge on any atom is 0.233 e. The monoisotopic (exact) mass is 1140 g/mol. The lowest BCUT2D eigenvalue weighted by Crippen LogP contribution is -2.37. The number of aliphatic hydroxyl groups excluding tert-OH is 3. The van der Waals surface area contributed by atoms with Crippen molar-refractivity contribution in [2.24, 2.45) is 20.5 Å². The molecule has 0 fully saturated rings. The number of nitrogens with two attached hydrogens (primary N) is 1. The molecule has 0 radical (unpaired) electrons. The minimum Gasteiger partial charge on any atom is -0.744 e. The Balaban J connectivity index is 1.48. The first kappa shape index (κ1) is 56.6. The summed E-state index contributed by atoms with van der Waals surface area (Å²) in [5, 5.41) is 61.4. The summed E-state index contributed by atoms with van der Waals surface area (Å²) in [7, 11) is -22.5. The molecule has 3 atom stereocenters. The molecule has 6 rings (SSSR count). The molecule has 0 saturated carbocycles. The second kappa shape index (κ2) is 22.0. The lowest BCUT2D eigenvalue weighted by atomic mass is 10.1. The van der Waals surface area contributed by atoms with Crippen LogP contribution >= 0.6 is 23.2 Å². The zero-order chi connectivity index (χ0) is 54.8. The number of hydrogen-bond donors (Lipinski definition) is 8. The highest BCUT2D eigenvalue weighted by molar-refractivity contribution is 7.86. The number of nitrogens with one attached hydrogen (secondary N) is 3. The molecule has 0 saturated heterocycles. The lowest BCUT2D eigenvalue weighted by Gasteiger charge is -2.25. The highest BCUT2D eigenvalue weighted by Crippen LogP contribution is 2.49. The average molecular weight is 1140 g/mol. The van der Waals surface area contributed by atoms with Crippen molar-refractivity contribution in [3.63, 3.8) is 0 Å². The molecule has 2 heterocycles. The Bertz CT molecular complexity index is 3700. The third-order valence-electron chi connectivity index (χ3n) is 9.35. The smallest absolute Gasteiger partial charge is 0.233 e. The number of hydrogen-bond acceptors (Lipinski definition) is 31. The van der Waals surface area contributed by atoms with E-state index >= 15 is 0 Å². The highest BCUT2D eigenvalue weighted by Gasteiger charge is 2.26. The molecule has 0 aliphatic heterocycles. The van der Waals surface area contributed by atoms with Crippen molar-refractivity contribution < 1.29 is 72.3 Å². The van der Waals surface area contributed by atoms with Crippen LogP contribution in [0.3, 0.4) is 0 Å². The molecule has 0 spiro atoms. The van der Waals surface area contributed by atoms with Gasteiger partial charge in [-0.05, 0) is 97.9 Å². The topological polar surface area (TPSA) is 502 Å². The first-order chi connectivity index (χ1) is 34.3. The Morgan fingerprint density at radius 3 is 1.49 bits per heavy atom. The number of phenols is 1. The number of benzene rings is 4. The number of nitrogens with zero attached hydrogens (tertiary/aromatic N) is 11. The van der Waals surface area contributed by atoms with E-state index in [1.807, 2.05) is 0 Å². The number of azo groups is 2. The van der Waals surface area contributed by atoms with E-state index in [-0.39, 0.29) is 60.1 Å². The predicted octanol–water partition coefficient (Wildman–Crippen LogP) is 3.10. The fraction of sp³-hybridized carbons (Fsp3) is 0.243. The SMILES string of the molecule is CC(O)CNc1nc(Cl)nc(Nc2ccc(S(=O)(=O)[O-])c(N=Nc3c(S(=O)(=O)[O-])cc4cc(S(=O)(=O)[O-])c(N=Nc5cc(Nc6nc(Cl)nc(N(CC(C)O)CC(C)O)n6)ccc5S(=O)(=O)[O-])c(O)c4c3N)c2)n1. The molecule has 37 heteroatoms. The number of phenolic OH excluding ortho intramolecular Hbond substituents is 1. The molecule has 9 N–H and O–H groups in total. The third kappa shape index (κ3) is 14.1. The zero-order valence-corrected chi connectivity index (χ0v) is 42.3. The quantitative estimate of drug-likeness (QED) is 0.0309. The molecule has 0 amide bonds. The summed E-state index contributed by atoms with van der Waals surface area (Å²) < 4.78 is 150. The van der Waals surface area contributed by atoms with Crippen LogP contribution in [0.25, 0.3) is 10.8 Å². The molecule has 3 unspecified atom stereocenters. The van der Waals surface area contributed by atoms with Gasteiger partial charge in [-0.15, -0.1) is 20.5 Å². The summed E-state index contributed by atoms with van der Waals surface area (Å²) in [6.45, 7) is 4.17. The number of fused-ring (bicyclic) bond motifs is 1. The third-order valence-corrected chi connectivity index (χ3v) is 13.2. The minimum absolute atomic E-state index is 0.0208. The summed E-state index contributed by atoms with van der Waals surface area (Å²) in [5.74, 6) is -2.27. The van der Waals surface area contributed by atoms with Crippen LogP contribution in [-0.2, 0) is 40.5 Å². The fourth-order valence-electron chi connectivity index (χ4n) is 6.46. The van der Waals surface area contributed by atoms with Gasteiger partial charge in [-0.2, -0.15) is 29.9 Å². The summed E-state index contributed by atoms with van der Waals surface area (Å²) in [5.41, 5.74) is 0.745. The fourth-order valence-corrected chi connectivity index (χ4v) is 9.27. The Morgan fingerprint density at radius 1 is 0.595 bits per heavy atom. The van der Waals surface area contributed by atoms with Crippen molar-refractivity contribution in [2.45, 2.75) is 58.7 Å². The van der Waals surface area contributed by atoms with Crippen LogP contribution in [0.1, 0.15) is 20.8 Å². The second-order valence-electron chi connectivity index (χ2n) is 15.5. The number of aliphatic hydroxyl groups is 3. The Kier molecular flexibility index (Phi) is 16.8. The van der Waals surface area contributed by atoms with Crippen molar-refractivity contribution in [1.82, 2.24) is 29.9 Å². The van der Waals surface area contributed by atoms with E-state index in [0.717, 1.165) is 30.3 Å². The van der Waals surface area contributed by atoms with Crippen molar-refractivity contribution in [2.75, 3.05) is 46.2 Å². The van der Waals surface area contributed by atoms with Crippen molar-refractivity contribution in [1.29, 1.82) is 0 Å². The molecule has 74 heavy (non-hydrogen) atoms. The summed E-state index contributed by atoms with van der Waals surface area (Å²) >= 11 is 12.1. The first-order valence-corrected chi connectivity index (χ1v) is 26.6. The van der Waals surface area contributed by atoms with Crippen LogP contribution in [0, 0.1) is 0 Å². The summed E-state index contributed by atoms with van der Waals surface area (Å²) in [6.07, 6.45) is -2.73. The number of nitrogen functional groups attached to an aromatic ring is 1. The van der Waals surface area contributed by atoms with E-state index in [9.17, 15) is 72.3 Å². The van der Waals surface area contributed by atoms with Crippen molar-refractivity contribution in [3.05, 3.63) is 59.1 Å². The van der Waals surface area contributed by atoms with E-state index in [1.165, 1.54) is 25.7 Å². The number of anilines is 7. The summed E-state index contributed by atoms with van der Waals surface area (Å²) in [4.78, 5) is 20.2. The van der Waals surface area contributed by atoms with Gasteiger partial charge >= 0.3 is 0 Å². The number of halogens is 2. The number of aromatic hydroxyl groups is 1. The van der Waals surface area contributed by atoms with Crippen molar-refractivity contribution in [3.8, 4) is 5.75 Å². The second-order valence-corrected chi connectivity index (χ2v) is 21.5. The van der Waals surface area contributed by atoms with Gasteiger partial charge in [-0.1, -0.05) is 0 Å². The first-order valence-electron chi connectivity index (χ1n) is 20.3. The normalized spacial score (nSPS) is 13.8. The van der Waals surface area contributed by atoms with Crippen molar-refractivity contribution >= 4 is 138 Å². The van der Waals surface area contributed by atoms with Gasteiger partial charge in [0.15, 0.2) is 5.75 Å². The van der Waals surface area contributed by atoms with Crippen LogP contribution in [-0.4, -0.2) is 140 Å². The maximum atomic E-state index is 12.7. The van der Waals surface area contributed by atoms with Gasteiger partial charge in [0.05, 0.1) is 49.0 Å². The van der Waals surface area contributed by atoms with Crippen LogP contribution in [0.15, 0.2) is 88.6 Å². The average Bonchev–Trinajstić information content (AvgIpc) is 3.25. The minimum atomic E-state index is -5.81. The van der Waals surface area contributed by atoms with E-state index < -0.39 is 129 Å². The largest absolute Gasteiger partial charge is 0.744 e. The van der Waals surface area contributed by atoms with Gasteiger partial charge in [0.2, 0.25) is 34.4 Å². The molecule has 0 bridgehead atoms. The molecular formula is C37H35Cl2N15O16S4-4. The number of aromatic nitrogens is 6. The Morgan fingerprint density at radius 2 is 1.03 bits per heavy atom. The van der Waals surface area contributed by atoms with Crippen LogP contribution < -0.4 is 26.6 Å². The van der Waals surface area contributed by atoms with E-state index in [1.54, 1.807) is 0 Å². The van der Waals surface area contributed by atoms with Gasteiger partial charge in [0.1, 0.15) is 63.2 Å². The van der Waals surface area contributed by atoms with E-state index in [4.69, 9.17) is 28.9 Å². The lowest BCUT2D eigenvalue weighted by molar-refractivity contribution is 0.177. The number of rotatable bonds is 20. The highest BCUT2D eigenvalue weighted by atomic mass is 35.5. The van der Waals surface area contributed by atoms with Gasteiger partial charge in [-0.3, -0.25) is 0 Å². The zero-order valence-electron chi connectivity index (χ0n) is 37.5. The Hall–Kier alpha value is -6.74. The molecule has 2 aromatic heterocycles. The molecule has 0 aliphatic carbocycles. The van der Waals surface area contributed by atoms with Gasteiger partial charge in [-0.25, -0.2) is 33.7 Å². The summed E-state index contributed by atoms with van der Waals surface area (Å²) in [6, 6.07) is 6.02. The molecular weight excluding hydrogens is 1110 g/mol. The maximum absolute atomic E-state index is 12.7. The molecule has 6 aromatic rings. The molecule has 0 aliphatic rings. The molecule has 31 nitrogen and oxygen atoms in total. The van der Waals surface area contributed by atoms with Gasteiger partial charge in [0, 0.05) is 31.0 Å². The van der Waals surface area contributed by atoms with Crippen LogP contribution in [0.5, 0.6) is 5.75 Å². The van der Waals surface area contributed by atoms with E-state index in [2.05, 4.69) is 66.3 Å². The van der Waals surface area contributed by atoms with Gasteiger partial charge < -0.3 is 65.2 Å². The van der Waals surface area contributed by atoms with E-state index in [0.29, 0.717) is 18.2 Å². The molecule has 4 aromatic carbocycles. The van der Waals surface area contributed by atoms with Gasteiger partial charge in [0.25, 0.3) is 0 Å². The van der Waals surface area contributed by atoms with Crippen LogP contribution in [0.4, 0.5) is 63.6 Å². The molecule has 396 valence electrons. The van der Waals surface area contributed by atoms with Crippen LogP contribution in [0.2, 0.25) is 10.6 Å². The predicted molar refractivity (Wildman–Crippen MR) is 255 cm³/mol.